The third kappa shape index (κ3) is 7.02. The van der Waals surface area contributed by atoms with E-state index in [1.807, 2.05) is 12.1 Å². The molecular weight excluding hydrogens is 617 g/mol. The third-order valence-electron chi connectivity index (χ3n) is 8.33. The maximum Gasteiger partial charge on any atom is 0.341 e. The largest absolute Gasteiger partial charge is 0.374 e. The number of halogens is 3. The fourth-order valence-corrected chi connectivity index (χ4v) is 6.79. The van der Waals surface area contributed by atoms with Crippen LogP contribution in [0.25, 0.3) is 22.0 Å². The summed E-state index contributed by atoms with van der Waals surface area (Å²) < 4.78 is 72.7. The third-order valence-corrected chi connectivity index (χ3v) is 9.69. The molecule has 0 radical (unpaired) electrons. The predicted octanol–water partition coefficient (Wildman–Crippen LogP) is 6.52. The van der Waals surface area contributed by atoms with E-state index in [1.54, 1.807) is 24.3 Å². The maximum atomic E-state index is 16.0. The van der Waals surface area contributed by atoms with Crippen molar-refractivity contribution in [3.63, 3.8) is 0 Å². The van der Waals surface area contributed by atoms with Crippen molar-refractivity contribution in [3.05, 3.63) is 83.4 Å². The van der Waals surface area contributed by atoms with Crippen molar-refractivity contribution < 1.29 is 31.1 Å². The molecule has 2 aromatic carbocycles. The molecule has 6 rings (SSSR count). The van der Waals surface area contributed by atoms with Crippen LogP contribution in [0.15, 0.2) is 65.7 Å². The van der Waals surface area contributed by atoms with Gasteiger partial charge in [-0.25, -0.2) is 17.8 Å². The average Bonchev–Trinajstić information content (AvgIpc) is 3.87. The summed E-state index contributed by atoms with van der Waals surface area (Å²) >= 11 is 0. The molecule has 2 aromatic heterocycles. The van der Waals surface area contributed by atoms with Gasteiger partial charge in [0.15, 0.2) is 0 Å². The van der Waals surface area contributed by atoms with E-state index in [9.17, 15) is 22.0 Å². The summed E-state index contributed by atoms with van der Waals surface area (Å²) in [4.78, 5) is 23.8. The molecule has 1 saturated heterocycles. The highest BCUT2D eigenvalue weighted by molar-refractivity contribution is 7.91. The molecule has 2 aliphatic rings. The number of nitrogens with one attached hydrogen (secondary N) is 1. The number of fused-ring (bicyclic) bond motifs is 1. The van der Waals surface area contributed by atoms with Crippen molar-refractivity contribution >= 4 is 32.3 Å². The van der Waals surface area contributed by atoms with E-state index < -0.39 is 32.2 Å². The van der Waals surface area contributed by atoms with Crippen LogP contribution in [0, 0.1) is 17.7 Å². The molecule has 1 aliphatic heterocycles. The van der Waals surface area contributed by atoms with E-state index in [0.29, 0.717) is 45.1 Å². The Hall–Kier alpha value is -4.03. The first-order valence-corrected chi connectivity index (χ1v) is 16.9. The number of aromatic nitrogens is 2. The van der Waals surface area contributed by atoms with E-state index in [4.69, 9.17) is 9.72 Å². The number of rotatable bonds is 10. The van der Waals surface area contributed by atoms with E-state index in [1.165, 1.54) is 12.3 Å². The number of alkyl halides is 2. The first-order valence-electron chi connectivity index (χ1n) is 15.3. The number of hydrogen-bond acceptors (Lipinski definition) is 7. The molecule has 1 saturated carbocycles. The van der Waals surface area contributed by atoms with Crippen LogP contribution in [0.3, 0.4) is 0 Å². The van der Waals surface area contributed by atoms with Crippen LogP contribution < -0.4 is 10.2 Å². The van der Waals surface area contributed by atoms with Crippen LogP contribution in [0.2, 0.25) is 0 Å². The summed E-state index contributed by atoms with van der Waals surface area (Å²) in [5.74, 6) is -2.92. The Morgan fingerprint density at radius 3 is 2.54 bits per heavy atom. The van der Waals surface area contributed by atoms with Crippen molar-refractivity contribution in [1.82, 2.24) is 15.3 Å². The molecule has 3 heterocycles. The van der Waals surface area contributed by atoms with Crippen LogP contribution in [0.1, 0.15) is 54.7 Å². The molecule has 0 unspecified atom stereocenters. The zero-order chi connectivity index (χ0) is 32.6. The smallest absolute Gasteiger partial charge is 0.341 e. The Morgan fingerprint density at radius 2 is 1.83 bits per heavy atom. The summed E-state index contributed by atoms with van der Waals surface area (Å²) in [6.45, 7) is 6.10. The lowest BCUT2D eigenvalue weighted by molar-refractivity contribution is 0.0948. The Kier molecular flexibility index (Phi) is 9.02. The van der Waals surface area contributed by atoms with Crippen LogP contribution in [0.4, 0.5) is 19.0 Å². The summed E-state index contributed by atoms with van der Waals surface area (Å²) in [5.41, 5.74) is 1.37. The second kappa shape index (κ2) is 13.0. The Bertz CT molecular complexity index is 1870. The summed E-state index contributed by atoms with van der Waals surface area (Å²) in [6, 6.07) is 14.0. The van der Waals surface area contributed by atoms with Gasteiger partial charge in [-0.15, -0.1) is 0 Å². The first-order chi connectivity index (χ1) is 22.0. The minimum absolute atomic E-state index is 0.0145. The summed E-state index contributed by atoms with van der Waals surface area (Å²) in [6.07, 6.45) is 4.44. The standard InChI is InChI=1S/C34H35F3N4O4S/c1-20-10-21(2)18-41(17-20)31-5-3-4-30(40-31)28-9-6-23-15-38-25(14-29(23)32(28)35)16-39-33(42)24-11-22(19-45-26-7-8-26)12-27(13-24)46(43,44)34(36)37/h3-6,9,11-15,20-21,26,34H,7-8,10,16-19H2,1-2H3,(H,39,42)/t20-,21+. The van der Waals surface area contributed by atoms with Crippen molar-refractivity contribution in [2.24, 2.45) is 11.8 Å². The van der Waals surface area contributed by atoms with Crippen LogP contribution in [0.5, 0.6) is 0 Å². The predicted molar refractivity (Wildman–Crippen MR) is 169 cm³/mol. The van der Waals surface area contributed by atoms with Gasteiger partial charge >= 0.3 is 5.76 Å². The Morgan fingerprint density at radius 1 is 1.07 bits per heavy atom. The minimum Gasteiger partial charge on any atom is -0.374 e. The second-order valence-electron chi connectivity index (χ2n) is 12.4. The quantitative estimate of drug-likeness (QED) is 0.208. The van der Waals surface area contributed by atoms with Gasteiger partial charge in [0, 0.05) is 41.2 Å². The molecule has 1 N–H and O–H groups in total. The van der Waals surface area contributed by atoms with Gasteiger partial charge in [0.2, 0.25) is 9.84 Å². The number of pyridine rings is 2. The van der Waals surface area contributed by atoms with Gasteiger partial charge in [0.1, 0.15) is 11.6 Å². The van der Waals surface area contributed by atoms with E-state index >= 15 is 4.39 Å². The highest BCUT2D eigenvalue weighted by Crippen LogP contribution is 2.31. The zero-order valence-corrected chi connectivity index (χ0v) is 26.4. The topological polar surface area (TPSA) is 101 Å². The molecule has 1 amide bonds. The van der Waals surface area contributed by atoms with Crippen molar-refractivity contribution in [3.8, 4) is 11.3 Å². The molecule has 242 valence electrons. The summed E-state index contributed by atoms with van der Waals surface area (Å²) in [7, 11) is -4.95. The Balaban J connectivity index is 1.22. The van der Waals surface area contributed by atoms with E-state index in [2.05, 4.69) is 29.0 Å². The van der Waals surface area contributed by atoms with Crippen LogP contribution in [-0.2, 0) is 27.7 Å². The zero-order valence-electron chi connectivity index (χ0n) is 25.5. The normalized spacial score (nSPS) is 18.7. The van der Waals surface area contributed by atoms with Crippen molar-refractivity contribution in [1.29, 1.82) is 0 Å². The second-order valence-corrected chi connectivity index (χ2v) is 14.3. The van der Waals surface area contributed by atoms with Gasteiger partial charge in [-0.2, -0.15) is 8.78 Å². The number of sulfone groups is 1. The van der Waals surface area contributed by atoms with Gasteiger partial charge in [-0.1, -0.05) is 26.0 Å². The van der Waals surface area contributed by atoms with Crippen molar-refractivity contribution in [2.75, 3.05) is 18.0 Å². The van der Waals surface area contributed by atoms with Gasteiger partial charge < -0.3 is 15.0 Å². The number of ether oxygens (including phenoxy) is 1. The number of nitrogens with zero attached hydrogens (tertiary/aromatic N) is 3. The van der Waals surface area contributed by atoms with Crippen LogP contribution in [-0.4, -0.2) is 49.2 Å². The highest BCUT2D eigenvalue weighted by atomic mass is 32.2. The van der Waals surface area contributed by atoms with Gasteiger partial charge in [-0.3, -0.25) is 9.78 Å². The lowest BCUT2D eigenvalue weighted by Gasteiger charge is -2.36. The molecule has 12 heteroatoms. The SMILES string of the molecule is C[C@@H]1C[C@H](C)CN(c2cccc(-c3ccc4cnc(CNC(=O)c5cc(COC6CC6)cc(S(=O)(=O)C(F)F)c5)cc4c3F)n2)C1. The Labute approximate surface area is 265 Å². The average molecular weight is 653 g/mol. The monoisotopic (exact) mass is 652 g/mol. The minimum atomic E-state index is -4.95. The van der Waals surface area contributed by atoms with Crippen molar-refractivity contribution in [2.45, 2.75) is 63.0 Å². The number of piperidine rings is 1. The van der Waals surface area contributed by atoms with Crippen LogP contribution >= 0.6 is 0 Å². The number of benzene rings is 2. The molecule has 0 spiro atoms. The first kappa shape index (κ1) is 31.9. The fraction of sp³-hybridized carbons (Fsp3) is 0.382. The number of hydrogen-bond donors (Lipinski definition) is 1. The lowest BCUT2D eigenvalue weighted by Crippen LogP contribution is -2.39. The molecule has 4 aromatic rings. The summed E-state index contributed by atoms with van der Waals surface area (Å²) in [5, 5.41) is 3.51. The van der Waals surface area contributed by atoms with Gasteiger partial charge in [0.05, 0.1) is 35.5 Å². The van der Waals surface area contributed by atoms with Gasteiger partial charge in [-0.05, 0) is 79.1 Å². The number of amides is 1. The van der Waals surface area contributed by atoms with Gasteiger partial charge in [0.25, 0.3) is 5.91 Å². The highest BCUT2D eigenvalue weighted by Gasteiger charge is 2.29. The maximum absolute atomic E-state index is 16.0. The lowest BCUT2D eigenvalue weighted by atomic mass is 9.92. The number of anilines is 1. The molecule has 0 bridgehead atoms. The number of carbonyl (C=O) groups excluding carboxylic acids is 1. The molecular formula is C34H35F3N4O4S. The van der Waals surface area contributed by atoms with E-state index in [-0.39, 0.29) is 24.8 Å². The molecule has 8 nitrogen and oxygen atoms in total. The van der Waals surface area contributed by atoms with E-state index in [0.717, 1.165) is 50.3 Å². The molecule has 2 atom stereocenters. The number of carbonyl (C=O) groups is 1. The fourth-order valence-electron chi connectivity index (χ4n) is 5.98. The molecule has 46 heavy (non-hydrogen) atoms. The molecule has 2 fully saturated rings. The molecule has 1 aliphatic carbocycles.